The van der Waals surface area contributed by atoms with Crippen LogP contribution in [0, 0.1) is 11.3 Å². The third-order valence-electron chi connectivity index (χ3n) is 2.72. The number of carboxylic acids is 1. The first kappa shape index (κ1) is 11.4. The lowest BCUT2D eigenvalue weighted by atomic mass is 10.1. The van der Waals surface area contributed by atoms with Crippen molar-refractivity contribution in [1.29, 1.82) is 5.26 Å². The van der Waals surface area contributed by atoms with Crippen molar-refractivity contribution in [3.05, 3.63) is 24.0 Å². The highest BCUT2D eigenvalue weighted by Crippen LogP contribution is 2.18. The third kappa shape index (κ3) is 2.34. The van der Waals surface area contributed by atoms with Crippen LogP contribution in [0.4, 0.5) is 5.69 Å². The molecular formula is C11H12N4O2. The zero-order valence-electron chi connectivity index (χ0n) is 9.13. The van der Waals surface area contributed by atoms with Gasteiger partial charge in [-0.25, -0.2) is 9.78 Å². The number of pyridine rings is 1. The number of hydrogen-bond donors (Lipinski definition) is 2. The van der Waals surface area contributed by atoms with Gasteiger partial charge in [0.15, 0.2) is 0 Å². The Bertz CT molecular complexity index is 469. The molecule has 1 aliphatic heterocycles. The molecule has 1 saturated heterocycles. The normalized spacial score (nSPS) is 19.7. The van der Waals surface area contributed by atoms with Crippen molar-refractivity contribution in [2.45, 2.75) is 6.04 Å². The van der Waals surface area contributed by atoms with Crippen LogP contribution in [-0.2, 0) is 4.79 Å². The van der Waals surface area contributed by atoms with Crippen LogP contribution >= 0.6 is 0 Å². The van der Waals surface area contributed by atoms with Crippen LogP contribution in [0.15, 0.2) is 18.3 Å². The second kappa shape index (κ2) is 4.80. The van der Waals surface area contributed by atoms with Crippen molar-refractivity contribution < 1.29 is 9.90 Å². The Morgan fingerprint density at radius 3 is 3.24 bits per heavy atom. The number of carbonyl (C=O) groups is 1. The van der Waals surface area contributed by atoms with Crippen molar-refractivity contribution in [3.8, 4) is 6.07 Å². The molecule has 0 saturated carbocycles. The molecule has 0 bridgehead atoms. The Labute approximate surface area is 98.5 Å². The average molecular weight is 232 g/mol. The minimum atomic E-state index is -0.868. The molecule has 1 aliphatic rings. The van der Waals surface area contributed by atoms with Gasteiger partial charge in [0.2, 0.25) is 0 Å². The summed E-state index contributed by atoms with van der Waals surface area (Å²) in [6, 6.07) is 4.69. The molecule has 2 N–H and O–H groups in total. The van der Waals surface area contributed by atoms with Gasteiger partial charge in [-0.15, -0.1) is 0 Å². The minimum Gasteiger partial charge on any atom is -0.480 e. The van der Waals surface area contributed by atoms with Crippen molar-refractivity contribution in [2.24, 2.45) is 0 Å². The van der Waals surface area contributed by atoms with Crippen molar-refractivity contribution in [2.75, 3.05) is 24.5 Å². The molecule has 1 atom stereocenters. The summed E-state index contributed by atoms with van der Waals surface area (Å²) in [5, 5.41) is 21.0. The monoisotopic (exact) mass is 232 g/mol. The third-order valence-corrected chi connectivity index (χ3v) is 2.72. The molecule has 0 aliphatic carbocycles. The van der Waals surface area contributed by atoms with Crippen LogP contribution in [-0.4, -0.2) is 41.7 Å². The zero-order valence-corrected chi connectivity index (χ0v) is 9.13. The number of carboxylic acid groups (broad SMARTS) is 1. The minimum absolute atomic E-state index is 0.296. The average Bonchev–Trinajstić information content (AvgIpc) is 2.39. The molecule has 1 aromatic rings. The number of piperazine rings is 1. The number of aliphatic carboxylic acids is 1. The summed E-state index contributed by atoms with van der Waals surface area (Å²) in [7, 11) is 0. The smallest absolute Gasteiger partial charge is 0.327 e. The quantitative estimate of drug-likeness (QED) is 0.735. The van der Waals surface area contributed by atoms with Crippen LogP contribution in [0.3, 0.4) is 0 Å². The molecule has 88 valence electrons. The molecule has 6 nitrogen and oxygen atoms in total. The Morgan fingerprint density at radius 1 is 1.71 bits per heavy atom. The van der Waals surface area contributed by atoms with Gasteiger partial charge in [0, 0.05) is 31.5 Å². The lowest BCUT2D eigenvalue weighted by Gasteiger charge is -2.35. The number of nitriles is 1. The van der Waals surface area contributed by atoms with E-state index in [2.05, 4.69) is 10.3 Å². The van der Waals surface area contributed by atoms with Gasteiger partial charge >= 0.3 is 5.97 Å². The van der Waals surface area contributed by atoms with E-state index in [0.29, 0.717) is 18.8 Å². The number of aromatic nitrogens is 1. The van der Waals surface area contributed by atoms with Gasteiger partial charge in [-0.2, -0.15) is 5.26 Å². The summed E-state index contributed by atoms with van der Waals surface area (Å²) < 4.78 is 0. The van der Waals surface area contributed by atoms with Crippen molar-refractivity contribution in [1.82, 2.24) is 10.3 Å². The number of anilines is 1. The van der Waals surface area contributed by atoms with E-state index in [1.807, 2.05) is 6.07 Å². The van der Waals surface area contributed by atoms with E-state index in [9.17, 15) is 4.79 Å². The van der Waals surface area contributed by atoms with Gasteiger partial charge in [0.05, 0.1) is 0 Å². The van der Waals surface area contributed by atoms with Gasteiger partial charge < -0.3 is 15.3 Å². The predicted octanol–water partition coefficient (Wildman–Crippen LogP) is -0.184. The summed E-state index contributed by atoms with van der Waals surface area (Å²) in [4.78, 5) is 16.8. The Hall–Kier alpha value is -2.13. The molecule has 2 heterocycles. The highest BCUT2D eigenvalue weighted by molar-refractivity contribution is 5.79. The van der Waals surface area contributed by atoms with Crippen LogP contribution in [0.5, 0.6) is 0 Å². The molecule has 1 unspecified atom stereocenters. The topological polar surface area (TPSA) is 89.2 Å². The maximum Gasteiger partial charge on any atom is 0.327 e. The molecular weight excluding hydrogens is 220 g/mol. The Balaban J connectivity index is 2.29. The Kier molecular flexibility index (Phi) is 3.21. The first-order valence-electron chi connectivity index (χ1n) is 5.28. The lowest BCUT2D eigenvalue weighted by molar-refractivity contribution is -0.138. The number of hydrogen-bond acceptors (Lipinski definition) is 5. The summed E-state index contributed by atoms with van der Waals surface area (Å²) in [5.74, 6) is -0.868. The van der Waals surface area contributed by atoms with E-state index in [4.69, 9.17) is 10.4 Å². The van der Waals surface area contributed by atoms with E-state index in [1.165, 1.54) is 6.20 Å². The van der Waals surface area contributed by atoms with Gasteiger partial charge in [0.1, 0.15) is 17.8 Å². The summed E-state index contributed by atoms with van der Waals surface area (Å²) in [6.45, 7) is 1.74. The van der Waals surface area contributed by atoms with E-state index in [0.717, 1.165) is 12.2 Å². The molecule has 6 heteroatoms. The molecule has 2 rings (SSSR count). The fraction of sp³-hybridized carbons (Fsp3) is 0.364. The van der Waals surface area contributed by atoms with Crippen LogP contribution in [0.2, 0.25) is 0 Å². The number of rotatable bonds is 2. The largest absolute Gasteiger partial charge is 0.480 e. The molecule has 0 radical (unpaired) electrons. The maximum absolute atomic E-state index is 11.1. The first-order valence-corrected chi connectivity index (χ1v) is 5.28. The lowest BCUT2D eigenvalue weighted by Crippen LogP contribution is -2.55. The van der Waals surface area contributed by atoms with Gasteiger partial charge in [-0.3, -0.25) is 0 Å². The first-order chi connectivity index (χ1) is 8.22. The van der Waals surface area contributed by atoms with E-state index >= 15 is 0 Å². The second-order valence-corrected chi connectivity index (χ2v) is 3.76. The Morgan fingerprint density at radius 2 is 2.53 bits per heavy atom. The highest BCUT2D eigenvalue weighted by atomic mass is 16.4. The number of nitrogens with one attached hydrogen (secondary N) is 1. The molecule has 0 aromatic carbocycles. The van der Waals surface area contributed by atoms with Crippen LogP contribution < -0.4 is 10.2 Å². The highest BCUT2D eigenvalue weighted by Gasteiger charge is 2.28. The summed E-state index contributed by atoms with van der Waals surface area (Å²) in [6.07, 6.45) is 1.52. The van der Waals surface area contributed by atoms with E-state index < -0.39 is 12.0 Å². The van der Waals surface area contributed by atoms with Crippen LogP contribution in [0.25, 0.3) is 0 Å². The SMILES string of the molecule is N#Cc1cc(N2CCNCC2C(=O)O)ccn1. The maximum atomic E-state index is 11.1. The number of nitrogens with zero attached hydrogens (tertiary/aromatic N) is 3. The molecule has 0 spiro atoms. The van der Waals surface area contributed by atoms with E-state index in [1.54, 1.807) is 17.0 Å². The van der Waals surface area contributed by atoms with Crippen LogP contribution in [0.1, 0.15) is 5.69 Å². The van der Waals surface area contributed by atoms with Crippen molar-refractivity contribution in [3.63, 3.8) is 0 Å². The zero-order chi connectivity index (χ0) is 12.3. The van der Waals surface area contributed by atoms with Crippen molar-refractivity contribution >= 4 is 11.7 Å². The predicted molar refractivity (Wildman–Crippen MR) is 60.6 cm³/mol. The summed E-state index contributed by atoms with van der Waals surface area (Å²) in [5.41, 5.74) is 1.02. The standard InChI is InChI=1S/C11H12N4O2/c12-6-8-5-9(1-2-14-8)15-4-3-13-7-10(15)11(16)17/h1-2,5,10,13H,3-4,7H2,(H,16,17). The molecule has 1 fully saturated rings. The van der Waals surface area contributed by atoms with Gasteiger partial charge in [-0.05, 0) is 12.1 Å². The molecule has 17 heavy (non-hydrogen) atoms. The fourth-order valence-electron chi connectivity index (χ4n) is 1.89. The fourth-order valence-corrected chi connectivity index (χ4v) is 1.89. The summed E-state index contributed by atoms with van der Waals surface area (Å²) >= 11 is 0. The van der Waals surface area contributed by atoms with E-state index in [-0.39, 0.29) is 0 Å². The molecule has 1 aromatic heterocycles. The van der Waals surface area contributed by atoms with Gasteiger partial charge in [0.25, 0.3) is 0 Å². The molecule has 0 amide bonds. The second-order valence-electron chi connectivity index (χ2n) is 3.76. The van der Waals surface area contributed by atoms with Gasteiger partial charge in [-0.1, -0.05) is 0 Å².